The van der Waals surface area contributed by atoms with Crippen LogP contribution in [0.25, 0.3) is 0 Å². The summed E-state index contributed by atoms with van der Waals surface area (Å²) in [6.07, 6.45) is 9.50. The molecule has 0 amide bonds. The van der Waals surface area contributed by atoms with Gasteiger partial charge in [-0.05, 0) is 6.42 Å². The van der Waals surface area contributed by atoms with Crippen molar-refractivity contribution in [2.45, 2.75) is 68.7 Å². The smallest absolute Gasteiger partial charge is 0 e. The molecule has 0 aromatic rings. The molecular formula is C20H39Hf-3. The first kappa shape index (κ1) is 29.4. The van der Waals surface area contributed by atoms with Crippen molar-refractivity contribution in [2.24, 2.45) is 16.2 Å². The Labute approximate surface area is 155 Å². The van der Waals surface area contributed by atoms with Gasteiger partial charge in [-0.1, -0.05) is 86.6 Å². The molecule has 0 saturated heterocycles. The SMILES string of the molecule is C1=CCC=C1.[CH2-]C(C)(C)C.[CH2-]C(C)(C)C.[CH2-]C(C)(C)C.[Hf]. The predicted molar refractivity (Wildman–Crippen MR) is 97.3 cm³/mol. The summed E-state index contributed by atoms with van der Waals surface area (Å²) in [4.78, 5) is 0. The quantitative estimate of drug-likeness (QED) is 0.269. The Kier molecular flexibility index (Phi) is 19.5. The molecule has 0 atom stereocenters. The third kappa shape index (κ3) is 239. The molecule has 1 rings (SSSR count). The van der Waals surface area contributed by atoms with Gasteiger partial charge in [-0.3, -0.25) is 0 Å². The third-order valence-corrected chi connectivity index (χ3v) is 0.655. The van der Waals surface area contributed by atoms with Gasteiger partial charge in [0, 0.05) is 25.8 Å². The van der Waals surface area contributed by atoms with Crippen LogP contribution in [-0.4, -0.2) is 0 Å². The van der Waals surface area contributed by atoms with E-state index in [1.54, 1.807) is 0 Å². The summed E-state index contributed by atoms with van der Waals surface area (Å²) in [5.41, 5.74) is 0.750. The average Bonchev–Trinajstić information content (AvgIpc) is 2.45. The molecule has 0 radical (unpaired) electrons. The van der Waals surface area contributed by atoms with Crippen LogP contribution in [0.15, 0.2) is 24.3 Å². The van der Waals surface area contributed by atoms with Crippen LogP contribution in [0.5, 0.6) is 0 Å². The van der Waals surface area contributed by atoms with E-state index in [9.17, 15) is 0 Å². The van der Waals surface area contributed by atoms with Gasteiger partial charge in [0.25, 0.3) is 0 Å². The summed E-state index contributed by atoms with van der Waals surface area (Å²) < 4.78 is 0. The first-order valence-electron chi connectivity index (χ1n) is 7.38. The van der Waals surface area contributed by atoms with Crippen LogP contribution in [0, 0.1) is 37.0 Å². The second kappa shape index (κ2) is 14.0. The molecule has 0 aromatic heterocycles. The zero-order valence-corrected chi connectivity index (χ0v) is 19.7. The zero-order valence-electron chi connectivity index (χ0n) is 16.1. The van der Waals surface area contributed by atoms with Crippen molar-refractivity contribution < 1.29 is 25.8 Å². The Balaban J connectivity index is -0.0000000903. The molecule has 1 aliphatic carbocycles. The second-order valence-electron chi connectivity index (χ2n) is 8.77. The van der Waals surface area contributed by atoms with Gasteiger partial charge in [0.2, 0.25) is 0 Å². The zero-order chi connectivity index (χ0) is 17.0. The van der Waals surface area contributed by atoms with Crippen molar-refractivity contribution in [1.29, 1.82) is 0 Å². The predicted octanol–water partition coefficient (Wildman–Crippen LogP) is 7.10. The van der Waals surface area contributed by atoms with E-state index in [4.69, 9.17) is 0 Å². The molecule has 0 bridgehead atoms. The fraction of sp³-hybridized carbons (Fsp3) is 0.650. The summed E-state index contributed by atoms with van der Waals surface area (Å²) in [7, 11) is 0. The molecular weight excluding hydrogens is 419 g/mol. The van der Waals surface area contributed by atoms with E-state index in [0.717, 1.165) is 6.42 Å². The minimum absolute atomic E-state index is 0. The van der Waals surface area contributed by atoms with E-state index in [1.165, 1.54) is 0 Å². The summed E-state index contributed by atoms with van der Waals surface area (Å²) >= 11 is 0. The Morgan fingerprint density at radius 1 is 0.571 bits per heavy atom. The van der Waals surface area contributed by atoms with Gasteiger partial charge in [-0.2, -0.15) is 16.2 Å². The van der Waals surface area contributed by atoms with Gasteiger partial charge >= 0.3 is 0 Å². The van der Waals surface area contributed by atoms with E-state index in [-0.39, 0.29) is 42.1 Å². The Morgan fingerprint density at radius 3 is 0.762 bits per heavy atom. The van der Waals surface area contributed by atoms with Crippen LogP contribution in [0.3, 0.4) is 0 Å². The normalized spacial score (nSPS) is 12.8. The monoisotopic (exact) mass is 459 g/mol. The maximum Gasteiger partial charge on any atom is 0 e. The van der Waals surface area contributed by atoms with E-state index >= 15 is 0 Å². The number of hydrogen-bond acceptors (Lipinski definition) is 0. The molecule has 0 unspecified atom stereocenters. The molecule has 0 nitrogen and oxygen atoms in total. The minimum atomic E-state index is 0. The maximum absolute atomic E-state index is 3.77. The van der Waals surface area contributed by atoms with Crippen molar-refractivity contribution in [2.75, 3.05) is 0 Å². The molecule has 0 aromatic carbocycles. The van der Waals surface area contributed by atoms with Gasteiger partial charge in [0.1, 0.15) is 0 Å². The van der Waals surface area contributed by atoms with Crippen molar-refractivity contribution in [1.82, 2.24) is 0 Å². The second-order valence-corrected chi connectivity index (χ2v) is 8.77. The Bertz CT molecular complexity index is 195. The minimum Gasteiger partial charge on any atom is -0.338 e. The summed E-state index contributed by atoms with van der Waals surface area (Å²) in [5.74, 6) is 0. The number of rotatable bonds is 0. The molecule has 0 saturated carbocycles. The molecule has 1 aliphatic rings. The van der Waals surface area contributed by atoms with Crippen LogP contribution in [0.4, 0.5) is 0 Å². The number of allylic oxidation sites excluding steroid dienone is 4. The first-order valence-corrected chi connectivity index (χ1v) is 7.38. The topological polar surface area (TPSA) is 0 Å². The fourth-order valence-electron chi connectivity index (χ4n) is 0.393. The van der Waals surface area contributed by atoms with Crippen molar-refractivity contribution in [3.05, 3.63) is 45.1 Å². The molecule has 21 heavy (non-hydrogen) atoms. The molecule has 126 valence electrons. The number of hydrogen-bond donors (Lipinski definition) is 0. The maximum atomic E-state index is 3.77. The Hall–Kier alpha value is 0.350. The van der Waals surface area contributed by atoms with Crippen molar-refractivity contribution in [3.63, 3.8) is 0 Å². The average molecular weight is 458 g/mol. The fourth-order valence-corrected chi connectivity index (χ4v) is 0.393. The van der Waals surface area contributed by atoms with E-state index in [2.05, 4.69) is 107 Å². The van der Waals surface area contributed by atoms with E-state index < -0.39 is 0 Å². The van der Waals surface area contributed by atoms with Gasteiger partial charge in [0.15, 0.2) is 0 Å². The summed E-state index contributed by atoms with van der Waals surface area (Å²) in [6, 6.07) is 0. The van der Waals surface area contributed by atoms with Gasteiger partial charge in [-0.15, -0.1) is 0 Å². The largest absolute Gasteiger partial charge is 0.338 e. The molecule has 0 heterocycles. The van der Waals surface area contributed by atoms with Crippen LogP contribution in [0.2, 0.25) is 0 Å². The van der Waals surface area contributed by atoms with Crippen LogP contribution in [-0.2, 0) is 25.8 Å². The Morgan fingerprint density at radius 2 is 0.714 bits per heavy atom. The van der Waals surface area contributed by atoms with Crippen molar-refractivity contribution in [3.8, 4) is 0 Å². The van der Waals surface area contributed by atoms with Gasteiger partial charge in [0.05, 0.1) is 0 Å². The molecule has 1 heteroatoms. The molecule has 0 aliphatic heterocycles. The van der Waals surface area contributed by atoms with Crippen molar-refractivity contribution >= 4 is 0 Å². The van der Waals surface area contributed by atoms with Crippen LogP contribution < -0.4 is 0 Å². The third-order valence-electron chi connectivity index (χ3n) is 0.655. The molecule has 0 fully saturated rings. The van der Waals surface area contributed by atoms with Crippen LogP contribution in [0.1, 0.15) is 68.7 Å². The molecule has 0 N–H and O–H groups in total. The van der Waals surface area contributed by atoms with Gasteiger partial charge in [-0.25, -0.2) is 0 Å². The standard InChI is InChI=1S/C5H6.3C5H11.Hf/c1-2-4-5-3-1;3*1-5(2,3)4;/h1-4H,5H2;3*1H2,2-4H3;/q;3*-1;. The van der Waals surface area contributed by atoms with Gasteiger partial charge < -0.3 is 20.8 Å². The summed E-state index contributed by atoms with van der Waals surface area (Å²) in [6.45, 7) is 30.0. The summed E-state index contributed by atoms with van der Waals surface area (Å²) in [5, 5.41) is 0. The van der Waals surface area contributed by atoms with Crippen LogP contribution >= 0.6 is 0 Å². The molecule has 0 spiro atoms. The van der Waals surface area contributed by atoms with E-state index in [0.29, 0.717) is 0 Å². The van der Waals surface area contributed by atoms with E-state index in [1.807, 2.05) is 0 Å². The first-order chi connectivity index (χ1) is 8.50.